The molecule has 0 saturated carbocycles. The van der Waals surface area contributed by atoms with Gasteiger partial charge in [0, 0.05) is 41.8 Å². The van der Waals surface area contributed by atoms with Crippen LogP contribution < -0.4 is 4.90 Å². The van der Waals surface area contributed by atoms with Gasteiger partial charge < -0.3 is 19.7 Å². The number of aliphatic imine (C=N–C) groups is 1. The van der Waals surface area contributed by atoms with Gasteiger partial charge in [-0.3, -0.25) is 4.90 Å². The first-order valence-corrected chi connectivity index (χ1v) is 12.6. The summed E-state index contributed by atoms with van der Waals surface area (Å²) in [4.78, 5) is 24.4. The number of likely N-dealkylation sites (tertiary alicyclic amines) is 1. The van der Waals surface area contributed by atoms with E-state index in [1.807, 2.05) is 60.7 Å². The average Bonchev–Trinajstić information content (AvgIpc) is 3.23. The Bertz CT molecular complexity index is 1430. The summed E-state index contributed by atoms with van der Waals surface area (Å²) in [6.07, 6.45) is 1.28. The zero-order chi connectivity index (χ0) is 25.9. The van der Waals surface area contributed by atoms with Crippen LogP contribution in [0.4, 0.5) is 16.2 Å². The first kappa shape index (κ1) is 24.9. The Balaban J connectivity index is 1.43. The van der Waals surface area contributed by atoms with E-state index in [9.17, 15) is 9.90 Å². The van der Waals surface area contributed by atoms with Crippen LogP contribution in [-0.4, -0.2) is 60.1 Å². The summed E-state index contributed by atoms with van der Waals surface area (Å²) in [6, 6.07) is 22.5. The molecule has 1 saturated heterocycles. The van der Waals surface area contributed by atoms with Crippen LogP contribution in [0, 0.1) is 0 Å². The molecule has 1 fully saturated rings. The second kappa shape index (κ2) is 10.7. The fourth-order valence-electron chi connectivity index (χ4n) is 4.57. The van der Waals surface area contributed by atoms with E-state index in [0.29, 0.717) is 27.7 Å². The number of hydrogen-bond acceptors (Lipinski definition) is 5. The Labute approximate surface area is 221 Å². The Morgan fingerprint density at radius 3 is 2.49 bits per heavy atom. The first-order valence-electron chi connectivity index (χ1n) is 12.3. The molecule has 0 radical (unpaired) electrons. The molecule has 1 aromatic heterocycles. The molecule has 1 aliphatic heterocycles. The van der Waals surface area contributed by atoms with Crippen molar-refractivity contribution in [2.75, 3.05) is 32.1 Å². The number of halogens is 1. The third kappa shape index (κ3) is 5.48. The number of amides is 1. The average molecular weight is 517 g/mol. The third-order valence-corrected chi connectivity index (χ3v) is 6.94. The lowest BCUT2D eigenvalue weighted by molar-refractivity contribution is 0.0624. The maximum absolute atomic E-state index is 12.7. The van der Waals surface area contributed by atoms with Gasteiger partial charge in [-0.05, 0) is 56.3 Å². The van der Waals surface area contributed by atoms with Crippen molar-refractivity contribution in [3.8, 4) is 5.88 Å². The summed E-state index contributed by atoms with van der Waals surface area (Å²) >= 11 is 6.16. The number of hydrogen-bond donors (Lipinski definition) is 2. The molecule has 2 heterocycles. The molecule has 0 unspecified atom stereocenters. The van der Waals surface area contributed by atoms with Gasteiger partial charge in [0.1, 0.15) is 6.10 Å². The molecule has 7 nitrogen and oxygen atoms in total. The smallest absolute Gasteiger partial charge is 0.414 e. The van der Waals surface area contributed by atoms with Gasteiger partial charge in [0.25, 0.3) is 0 Å². The van der Waals surface area contributed by atoms with E-state index in [4.69, 9.17) is 21.3 Å². The summed E-state index contributed by atoms with van der Waals surface area (Å²) < 4.78 is 5.71. The quantitative estimate of drug-likeness (QED) is 0.302. The van der Waals surface area contributed by atoms with Crippen molar-refractivity contribution in [1.29, 1.82) is 0 Å². The fraction of sp³-hybridized carbons (Fsp3) is 0.241. The first-order chi connectivity index (χ1) is 17.9. The molecular formula is C29H29ClN4O3. The molecule has 2 N–H and O–H groups in total. The number of aromatic amines is 1. The fourth-order valence-corrected chi connectivity index (χ4v) is 4.74. The second-order valence-corrected chi connectivity index (χ2v) is 9.76. The van der Waals surface area contributed by atoms with Crippen molar-refractivity contribution in [3.05, 3.63) is 88.9 Å². The van der Waals surface area contributed by atoms with Gasteiger partial charge in [-0.1, -0.05) is 48.0 Å². The van der Waals surface area contributed by atoms with E-state index in [1.54, 1.807) is 19.2 Å². The lowest BCUT2D eigenvalue weighted by Crippen LogP contribution is -2.38. The van der Waals surface area contributed by atoms with Crippen molar-refractivity contribution in [2.45, 2.75) is 18.9 Å². The summed E-state index contributed by atoms with van der Waals surface area (Å²) in [5.41, 5.74) is 4.20. The molecular weight excluding hydrogens is 488 g/mol. The largest absolute Gasteiger partial charge is 0.494 e. The number of H-pyrrole nitrogens is 1. The number of nitrogens with one attached hydrogen (secondary N) is 1. The molecule has 4 aromatic rings. The Morgan fingerprint density at radius 1 is 1.08 bits per heavy atom. The zero-order valence-corrected chi connectivity index (χ0v) is 21.6. The number of carbonyl (C=O) groups excluding carboxylic acids is 1. The van der Waals surface area contributed by atoms with Crippen molar-refractivity contribution in [1.82, 2.24) is 9.88 Å². The molecule has 1 aliphatic rings. The Kier molecular flexibility index (Phi) is 7.17. The molecule has 8 heteroatoms. The third-order valence-electron chi connectivity index (χ3n) is 6.71. The highest BCUT2D eigenvalue weighted by atomic mass is 35.5. The number of carbonyl (C=O) groups is 1. The van der Waals surface area contributed by atoms with E-state index < -0.39 is 0 Å². The summed E-state index contributed by atoms with van der Waals surface area (Å²) in [5, 5.41) is 12.2. The van der Waals surface area contributed by atoms with Crippen LogP contribution in [0.2, 0.25) is 5.02 Å². The SMILES string of the molecule is CN1CCC(OC(=O)N(C)c2ccc(N=C(c3ccccc3)c3c(O)[nH]c4cc(Cl)ccc34)cc2)CC1. The topological polar surface area (TPSA) is 81.2 Å². The molecule has 37 heavy (non-hydrogen) atoms. The molecule has 0 aliphatic carbocycles. The van der Waals surface area contributed by atoms with E-state index in [-0.39, 0.29) is 18.1 Å². The van der Waals surface area contributed by atoms with Crippen molar-refractivity contribution >= 4 is 45.7 Å². The normalized spacial score (nSPS) is 15.2. The maximum Gasteiger partial charge on any atom is 0.414 e. The zero-order valence-electron chi connectivity index (χ0n) is 20.8. The monoisotopic (exact) mass is 516 g/mol. The predicted molar refractivity (Wildman–Crippen MR) is 149 cm³/mol. The number of aromatic nitrogens is 1. The summed E-state index contributed by atoms with van der Waals surface area (Å²) in [7, 11) is 3.78. The highest BCUT2D eigenvalue weighted by Gasteiger charge is 2.23. The number of aromatic hydroxyl groups is 1. The molecule has 5 rings (SSSR count). The van der Waals surface area contributed by atoms with Crippen LogP contribution >= 0.6 is 11.6 Å². The molecule has 3 aromatic carbocycles. The molecule has 190 valence electrons. The maximum atomic E-state index is 12.7. The number of rotatable bonds is 5. The number of piperidine rings is 1. The predicted octanol–water partition coefficient (Wildman–Crippen LogP) is 6.36. The number of benzene rings is 3. The standard InChI is InChI=1S/C29H29ClN4O3/c1-33-16-14-23(15-17-33)37-29(36)34(2)22-11-9-21(10-12-22)31-27(19-6-4-3-5-7-19)26-24-13-8-20(30)18-25(24)32-28(26)35/h3-13,18,23,32,35H,14-17H2,1-2H3. The number of anilines is 1. The molecule has 1 amide bonds. The highest BCUT2D eigenvalue weighted by Crippen LogP contribution is 2.33. The van der Waals surface area contributed by atoms with Crippen LogP contribution in [0.15, 0.2) is 77.8 Å². The van der Waals surface area contributed by atoms with Crippen LogP contribution in [0.3, 0.4) is 0 Å². The minimum atomic E-state index is -0.363. The van der Waals surface area contributed by atoms with Crippen LogP contribution in [0.25, 0.3) is 10.9 Å². The molecule has 0 bridgehead atoms. The second-order valence-electron chi connectivity index (χ2n) is 9.33. The van der Waals surface area contributed by atoms with Gasteiger partial charge in [0.15, 0.2) is 5.88 Å². The van der Waals surface area contributed by atoms with Gasteiger partial charge in [0.05, 0.1) is 22.5 Å². The van der Waals surface area contributed by atoms with Crippen molar-refractivity contribution in [3.63, 3.8) is 0 Å². The Hall–Kier alpha value is -3.81. The number of ether oxygens (including phenoxy) is 1. The Morgan fingerprint density at radius 2 is 1.78 bits per heavy atom. The van der Waals surface area contributed by atoms with Gasteiger partial charge in [0.2, 0.25) is 0 Å². The minimum absolute atomic E-state index is 0.0212. The number of nitrogens with zero attached hydrogens (tertiary/aromatic N) is 3. The van der Waals surface area contributed by atoms with Crippen molar-refractivity contribution in [2.24, 2.45) is 4.99 Å². The van der Waals surface area contributed by atoms with E-state index in [0.717, 1.165) is 42.4 Å². The number of fused-ring (bicyclic) bond motifs is 1. The lowest BCUT2D eigenvalue weighted by Gasteiger charge is -2.30. The van der Waals surface area contributed by atoms with Gasteiger partial charge in [-0.15, -0.1) is 0 Å². The van der Waals surface area contributed by atoms with Crippen LogP contribution in [0.5, 0.6) is 5.88 Å². The minimum Gasteiger partial charge on any atom is -0.494 e. The van der Waals surface area contributed by atoms with E-state index in [2.05, 4.69) is 16.9 Å². The van der Waals surface area contributed by atoms with Crippen molar-refractivity contribution < 1.29 is 14.6 Å². The van der Waals surface area contributed by atoms with E-state index in [1.165, 1.54) is 4.90 Å². The lowest BCUT2D eigenvalue weighted by atomic mass is 10.0. The molecule has 0 spiro atoms. The summed E-state index contributed by atoms with van der Waals surface area (Å²) in [5.74, 6) is 0.0212. The van der Waals surface area contributed by atoms with Gasteiger partial charge in [-0.2, -0.15) is 0 Å². The summed E-state index contributed by atoms with van der Waals surface area (Å²) in [6.45, 7) is 1.86. The molecule has 0 atom stereocenters. The highest BCUT2D eigenvalue weighted by molar-refractivity contribution is 6.31. The van der Waals surface area contributed by atoms with Crippen LogP contribution in [-0.2, 0) is 4.74 Å². The van der Waals surface area contributed by atoms with Gasteiger partial charge in [-0.25, -0.2) is 9.79 Å². The van der Waals surface area contributed by atoms with Gasteiger partial charge >= 0.3 is 6.09 Å². The van der Waals surface area contributed by atoms with E-state index >= 15 is 0 Å². The van der Waals surface area contributed by atoms with Crippen LogP contribution in [0.1, 0.15) is 24.0 Å².